The van der Waals surface area contributed by atoms with E-state index in [1.54, 1.807) is 17.0 Å². The van der Waals surface area contributed by atoms with E-state index in [1.165, 1.54) is 28.3 Å². The SMILES string of the molecule is COc1cc(-c2nc3c(c(=O)[nH]2)CN(C(C)=O)CC3)cc(OC)c1OC. The Morgan fingerprint density at radius 2 is 1.81 bits per heavy atom. The number of hydrogen-bond donors (Lipinski definition) is 1. The predicted octanol–water partition coefficient (Wildman–Crippen LogP) is 1.37. The highest BCUT2D eigenvalue weighted by Gasteiger charge is 2.23. The van der Waals surface area contributed by atoms with Crippen molar-refractivity contribution in [3.05, 3.63) is 33.7 Å². The highest BCUT2D eigenvalue weighted by Crippen LogP contribution is 2.40. The number of methoxy groups -OCH3 is 3. The smallest absolute Gasteiger partial charge is 0.256 e. The number of carbonyl (C=O) groups is 1. The van der Waals surface area contributed by atoms with E-state index in [-0.39, 0.29) is 18.0 Å². The number of H-pyrrole nitrogens is 1. The Balaban J connectivity index is 2.08. The Labute approximate surface area is 150 Å². The number of nitrogens with zero attached hydrogens (tertiary/aromatic N) is 2. The van der Waals surface area contributed by atoms with Crippen molar-refractivity contribution in [2.24, 2.45) is 0 Å². The zero-order chi connectivity index (χ0) is 18.8. The van der Waals surface area contributed by atoms with Gasteiger partial charge in [0.15, 0.2) is 11.5 Å². The number of amides is 1. The summed E-state index contributed by atoms with van der Waals surface area (Å²) in [5, 5.41) is 0. The van der Waals surface area contributed by atoms with Crippen LogP contribution in [0, 0.1) is 0 Å². The first-order valence-electron chi connectivity index (χ1n) is 8.16. The molecule has 0 radical (unpaired) electrons. The zero-order valence-electron chi connectivity index (χ0n) is 15.2. The Morgan fingerprint density at radius 3 is 2.35 bits per heavy atom. The molecule has 8 heteroatoms. The third kappa shape index (κ3) is 3.10. The van der Waals surface area contributed by atoms with Crippen molar-refractivity contribution in [3.63, 3.8) is 0 Å². The summed E-state index contributed by atoms with van der Waals surface area (Å²) in [7, 11) is 4.58. The Bertz CT molecular complexity index is 881. The molecule has 0 aliphatic carbocycles. The molecule has 3 rings (SSSR count). The summed E-state index contributed by atoms with van der Waals surface area (Å²) in [4.78, 5) is 33.1. The van der Waals surface area contributed by atoms with Gasteiger partial charge in [0, 0.05) is 25.5 Å². The number of rotatable bonds is 4. The number of carbonyl (C=O) groups excluding carboxylic acids is 1. The van der Waals surface area contributed by atoms with E-state index >= 15 is 0 Å². The molecule has 26 heavy (non-hydrogen) atoms. The topological polar surface area (TPSA) is 93.8 Å². The van der Waals surface area contributed by atoms with Gasteiger partial charge in [-0.15, -0.1) is 0 Å². The van der Waals surface area contributed by atoms with Crippen molar-refractivity contribution in [1.29, 1.82) is 0 Å². The van der Waals surface area contributed by atoms with E-state index in [1.807, 2.05) is 0 Å². The minimum absolute atomic E-state index is 0.0521. The van der Waals surface area contributed by atoms with E-state index in [2.05, 4.69) is 9.97 Å². The molecule has 0 fully saturated rings. The average molecular weight is 359 g/mol. The molecule has 1 aliphatic rings. The Kier molecular flexibility index (Phi) is 4.83. The van der Waals surface area contributed by atoms with Crippen LogP contribution in [-0.4, -0.2) is 48.6 Å². The second-order valence-electron chi connectivity index (χ2n) is 5.94. The van der Waals surface area contributed by atoms with Crippen LogP contribution >= 0.6 is 0 Å². The van der Waals surface area contributed by atoms with E-state index in [9.17, 15) is 9.59 Å². The van der Waals surface area contributed by atoms with Crippen molar-refractivity contribution < 1.29 is 19.0 Å². The zero-order valence-corrected chi connectivity index (χ0v) is 15.2. The molecule has 138 valence electrons. The summed E-state index contributed by atoms with van der Waals surface area (Å²) in [6.45, 7) is 2.33. The largest absolute Gasteiger partial charge is 0.493 e. The molecule has 0 unspecified atom stereocenters. The van der Waals surface area contributed by atoms with Crippen LogP contribution in [0.5, 0.6) is 17.2 Å². The molecule has 0 saturated carbocycles. The maximum absolute atomic E-state index is 12.5. The first-order chi connectivity index (χ1) is 12.5. The van der Waals surface area contributed by atoms with Gasteiger partial charge in [-0.25, -0.2) is 4.98 Å². The molecule has 8 nitrogen and oxygen atoms in total. The van der Waals surface area contributed by atoms with Gasteiger partial charge >= 0.3 is 0 Å². The molecule has 2 aromatic rings. The molecule has 1 aromatic heterocycles. The van der Waals surface area contributed by atoms with Crippen molar-refractivity contribution in [2.45, 2.75) is 19.9 Å². The fraction of sp³-hybridized carbons (Fsp3) is 0.389. The number of ether oxygens (including phenoxy) is 3. The van der Waals surface area contributed by atoms with Crippen molar-refractivity contribution >= 4 is 5.91 Å². The van der Waals surface area contributed by atoms with E-state index in [0.717, 1.165) is 0 Å². The minimum Gasteiger partial charge on any atom is -0.493 e. The summed E-state index contributed by atoms with van der Waals surface area (Å²) in [6, 6.07) is 3.47. The maximum atomic E-state index is 12.5. The summed E-state index contributed by atoms with van der Waals surface area (Å²) in [5.41, 5.74) is 1.63. The van der Waals surface area contributed by atoms with Crippen LogP contribution in [0.4, 0.5) is 0 Å². The monoisotopic (exact) mass is 359 g/mol. The summed E-state index contributed by atoms with van der Waals surface area (Å²) >= 11 is 0. The quantitative estimate of drug-likeness (QED) is 0.886. The first kappa shape index (κ1) is 17.8. The van der Waals surface area contributed by atoms with E-state index in [0.29, 0.717) is 52.9 Å². The summed E-state index contributed by atoms with van der Waals surface area (Å²) in [6.07, 6.45) is 0.538. The number of aromatic amines is 1. The fourth-order valence-electron chi connectivity index (χ4n) is 3.05. The number of benzene rings is 1. The second kappa shape index (κ2) is 7.07. The van der Waals surface area contributed by atoms with E-state index in [4.69, 9.17) is 14.2 Å². The maximum Gasteiger partial charge on any atom is 0.256 e. The van der Waals surface area contributed by atoms with Gasteiger partial charge in [0.25, 0.3) is 5.56 Å². The summed E-state index contributed by atoms with van der Waals surface area (Å²) < 4.78 is 16.0. The molecule has 1 amide bonds. The molecule has 0 saturated heterocycles. The molecule has 1 aromatic carbocycles. The van der Waals surface area contributed by atoms with Gasteiger partial charge in [-0.2, -0.15) is 0 Å². The van der Waals surface area contributed by atoms with Gasteiger partial charge < -0.3 is 24.1 Å². The Morgan fingerprint density at radius 1 is 1.15 bits per heavy atom. The molecule has 2 heterocycles. The lowest BCUT2D eigenvalue weighted by Crippen LogP contribution is -2.38. The second-order valence-corrected chi connectivity index (χ2v) is 5.94. The van der Waals surface area contributed by atoms with Gasteiger partial charge in [0.1, 0.15) is 5.82 Å². The fourth-order valence-corrected chi connectivity index (χ4v) is 3.05. The molecule has 0 atom stereocenters. The first-order valence-corrected chi connectivity index (χ1v) is 8.16. The highest BCUT2D eigenvalue weighted by molar-refractivity contribution is 5.73. The number of hydrogen-bond acceptors (Lipinski definition) is 6. The third-order valence-electron chi connectivity index (χ3n) is 4.45. The molecule has 0 bridgehead atoms. The van der Waals surface area contributed by atoms with Crippen LogP contribution < -0.4 is 19.8 Å². The lowest BCUT2D eigenvalue weighted by molar-refractivity contribution is -0.129. The lowest BCUT2D eigenvalue weighted by Gasteiger charge is -2.26. The van der Waals surface area contributed by atoms with Crippen LogP contribution in [0.15, 0.2) is 16.9 Å². The van der Waals surface area contributed by atoms with Crippen molar-refractivity contribution in [1.82, 2.24) is 14.9 Å². The highest BCUT2D eigenvalue weighted by atomic mass is 16.5. The van der Waals surface area contributed by atoms with Gasteiger partial charge in [0.05, 0.1) is 39.1 Å². The molecular formula is C18H21N3O5. The lowest BCUT2D eigenvalue weighted by atomic mass is 10.1. The van der Waals surface area contributed by atoms with Gasteiger partial charge in [-0.3, -0.25) is 9.59 Å². The normalized spacial score (nSPS) is 13.2. The van der Waals surface area contributed by atoms with Gasteiger partial charge in [-0.05, 0) is 12.1 Å². The Hall–Kier alpha value is -3.03. The standard InChI is InChI=1S/C18H21N3O5/c1-10(22)21-6-5-13-12(9-21)18(23)20-17(19-13)11-7-14(24-2)16(26-4)15(8-11)25-3/h7-8H,5-6,9H2,1-4H3,(H,19,20,23). The van der Waals surface area contributed by atoms with E-state index < -0.39 is 0 Å². The molecule has 1 aliphatic heterocycles. The minimum atomic E-state index is -0.246. The van der Waals surface area contributed by atoms with Crippen LogP contribution in [-0.2, 0) is 17.8 Å². The third-order valence-corrected chi connectivity index (χ3v) is 4.45. The van der Waals surface area contributed by atoms with Crippen LogP contribution in [0.3, 0.4) is 0 Å². The van der Waals surface area contributed by atoms with Crippen LogP contribution in [0.1, 0.15) is 18.2 Å². The van der Waals surface area contributed by atoms with Crippen LogP contribution in [0.2, 0.25) is 0 Å². The summed E-state index contributed by atoms with van der Waals surface area (Å²) in [5.74, 6) is 1.79. The number of fused-ring (bicyclic) bond motifs is 1. The number of aromatic nitrogens is 2. The predicted molar refractivity (Wildman–Crippen MR) is 94.7 cm³/mol. The van der Waals surface area contributed by atoms with Crippen LogP contribution in [0.25, 0.3) is 11.4 Å². The van der Waals surface area contributed by atoms with Gasteiger partial charge in [-0.1, -0.05) is 0 Å². The molecule has 0 spiro atoms. The number of nitrogens with one attached hydrogen (secondary N) is 1. The molecular weight excluding hydrogens is 338 g/mol. The van der Waals surface area contributed by atoms with Crippen molar-refractivity contribution in [2.75, 3.05) is 27.9 Å². The molecule has 1 N–H and O–H groups in total. The average Bonchev–Trinajstić information content (AvgIpc) is 2.66. The van der Waals surface area contributed by atoms with Gasteiger partial charge in [0.2, 0.25) is 11.7 Å². The van der Waals surface area contributed by atoms with Crippen molar-refractivity contribution in [3.8, 4) is 28.6 Å².